The van der Waals surface area contributed by atoms with Crippen molar-refractivity contribution >= 4 is 11.9 Å². The molecule has 1 saturated heterocycles. The monoisotopic (exact) mass is 590 g/mol. The van der Waals surface area contributed by atoms with Gasteiger partial charge < -0.3 is 9.64 Å². The number of hydrogen-bond donors (Lipinski definition) is 0. The van der Waals surface area contributed by atoms with Gasteiger partial charge in [-0.05, 0) is 64.6 Å². The SMILES string of the molecule is COC(=O)c1cc(-c2ccc(C3CCN(C(=O)C(F)(F)F)CC3)cc2)cc(-n2cc(-c3ccc(C(C)(C)C)cc3)nn2)c1. The molecule has 1 aliphatic rings. The van der Waals surface area contributed by atoms with Crippen LogP contribution in [-0.4, -0.2) is 58.1 Å². The maximum absolute atomic E-state index is 12.8. The van der Waals surface area contributed by atoms with E-state index in [-0.39, 0.29) is 24.4 Å². The van der Waals surface area contributed by atoms with Crippen LogP contribution in [0.15, 0.2) is 72.9 Å². The Morgan fingerprint density at radius 3 is 2.07 bits per heavy atom. The van der Waals surface area contributed by atoms with E-state index in [0.717, 1.165) is 27.2 Å². The zero-order valence-electron chi connectivity index (χ0n) is 24.5. The minimum absolute atomic E-state index is 0.0354. The molecule has 1 amide bonds. The molecule has 0 spiro atoms. The second kappa shape index (κ2) is 11.7. The average molecular weight is 591 g/mol. The van der Waals surface area contributed by atoms with Crippen LogP contribution >= 0.6 is 0 Å². The third-order valence-electron chi connectivity index (χ3n) is 7.88. The number of nitrogens with zero attached hydrogens (tertiary/aromatic N) is 4. The van der Waals surface area contributed by atoms with Gasteiger partial charge in [0.1, 0.15) is 5.69 Å². The minimum atomic E-state index is -4.85. The fourth-order valence-corrected chi connectivity index (χ4v) is 5.35. The molecule has 4 aromatic rings. The summed E-state index contributed by atoms with van der Waals surface area (Å²) in [6, 6.07) is 21.3. The lowest BCUT2D eigenvalue weighted by Gasteiger charge is -2.32. The molecule has 5 rings (SSSR count). The van der Waals surface area contributed by atoms with Crippen molar-refractivity contribution in [2.75, 3.05) is 20.2 Å². The Labute approximate surface area is 248 Å². The molecule has 1 aromatic heterocycles. The number of likely N-dealkylation sites (tertiary alicyclic amines) is 1. The van der Waals surface area contributed by atoms with Gasteiger partial charge in [0.15, 0.2) is 0 Å². The van der Waals surface area contributed by atoms with Crippen LogP contribution in [0.5, 0.6) is 0 Å². The van der Waals surface area contributed by atoms with Crippen molar-refractivity contribution in [1.29, 1.82) is 0 Å². The highest BCUT2D eigenvalue weighted by atomic mass is 19.4. The Hall–Kier alpha value is -4.47. The zero-order chi connectivity index (χ0) is 30.9. The summed E-state index contributed by atoms with van der Waals surface area (Å²) in [5.41, 5.74) is 6.46. The predicted molar refractivity (Wildman–Crippen MR) is 157 cm³/mol. The molecular weight excluding hydrogens is 557 g/mol. The second-order valence-corrected chi connectivity index (χ2v) is 11.8. The van der Waals surface area contributed by atoms with Crippen molar-refractivity contribution in [2.24, 2.45) is 0 Å². The summed E-state index contributed by atoms with van der Waals surface area (Å²) in [7, 11) is 1.33. The first-order valence-corrected chi connectivity index (χ1v) is 14.1. The van der Waals surface area contributed by atoms with Gasteiger partial charge in [-0.2, -0.15) is 13.2 Å². The molecule has 0 N–H and O–H groups in total. The first kappa shape index (κ1) is 30.0. The van der Waals surface area contributed by atoms with E-state index in [1.54, 1.807) is 16.8 Å². The molecule has 0 atom stereocenters. The normalized spacial score (nSPS) is 14.5. The lowest BCUT2D eigenvalue weighted by atomic mass is 9.86. The smallest absolute Gasteiger partial charge is 0.465 e. The van der Waals surface area contributed by atoms with Crippen LogP contribution in [0.1, 0.15) is 61.0 Å². The summed E-state index contributed by atoms with van der Waals surface area (Å²) in [5, 5.41) is 8.67. The maximum Gasteiger partial charge on any atom is 0.471 e. The Morgan fingerprint density at radius 2 is 1.49 bits per heavy atom. The Bertz CT molecular complexity index is 1610. The van der Waals surface area contributed by atoms with E-state index >= 15 is 0 Å². The van der Waals surface area contributed by atoms with E-state index in [9.17, 15) is 22.8 Å². The van der Waals surface area contributed by atoms with Gasteiger partial charge in [0.05, 0.1) is 24.6 Å². The molecule has 224 valence electrons. The van der Waals surface area contributed by atoms with E-state index in [2.05, 4.69) is 43.2 Å². The van der Waals surface area contributed by atoms with Gasteiger partial charge in [-0.25, -0.2) is 9.48 Å². The highest BCUT2D eigenvalue weighted by Gasteiger charge is 2.43. The van der Waals surface area contributed by atoms with Gasteiger partial charge in [-0.3, -0.25) is 4.79 Å². The van der Waals surface area contributed by atoms with Crippen molar-refractivity contribution in [3.63, 3.8) is 0 Å². The predicted octanol–water partition coefficient (Wildman–Crippen LogP) is 6.95. The summed E-state index contributed by atoms with van der Waals surface area (Å²) in [6.45, 7) is 6.61. The minimum Gasteiger partial charge on any atom is -0.465 e. The summed E-state index contributed by atoms with van der Waals surface area (Å²) in [5.74, 6) is -2.21. The molecule has 3 aromatic carbocycles. The third kappa shape index (κ3) is 6.63. The van der Waals surface area contributed by atoms with Crippen molar-refractivity contribution in [1.82, 2.24) is 19.9 Å². The molecule has 10 heteroatoms. The number of rotatable bonds is 5. The van der Waals surface area contributed by atoms with E-state index in [1.165, 1.54) is 12.7 Å². The van der Waals surface area contributed by atoms with Crippen LogP contribution in [0, 0.1) is 0 Å². The van der Waals surface area contributed by atoms with Gasteiger partial charge in [0, 0.05) is 18.7 Å². The molecule has 0 saturated carbocycles. The molecule has 0 aliphatic carbocycles. The number of carbonyl (C=O) groups excluding carboxylic acids is 2. The van der Waals surface area contributed by atoms with Gasteiger partial charge in [0.2, 0.25) is 0 Å². The molecule has 43 heavy (non-hydrogen) atoms. The van der Waals surface area contributed by atoms with Crippen molar-refractivity contribution < 1.29 is 27.5 Å². The molecule has 7 nitrogen and oxygen atoms in total. The number of amides is 1. The first-order valence-electron chi connectivity index (χ1n) is 14.1. The van der Waals surface area contributed by atoms with Crippen LogP contribution < -0.4 is 0 Å². The Balaban J connectivity index is 1.38. The van der Waals surface area contributed by atoms with Gasteiger partial charge in [-0.1, -0.05) is 74.5 Å². The number of benzene rings is 3. The highest BCUT2D eigenvalue weighted by molar-refractivity contribution is 5.92. The van der Waals surface area contributed by atoms with Crippen LogP contribution in [0.3, 0.4) is 0 Å². The first-order chi connectivity index (χ1) is 20.3. The molecule has 0 unspecified atom stereocenters. The number of ether oxygens (including phenoxy) is 1. The average Bonchev–Trinajstić information content (AvgIpc) is 3.50. The number of esters is 1. The number of hydrogen-bond acceptors (Lipinski definition) is 5. The second-order valence-electron chi connectivity index (χ2n) is 11.8. The quantitative estimate of drug-likeness (QED) is 0.235. The van der Waals surface area contributed by atoms with E-state index in [1.807, 2.05) is 48.7 Å². The summed E-state index contributed by atoms with van der Waals surface area (Å²) < 4.78 is 45.0. The summed E-state index contributed by atoms with van der Waals surface area (Å²) >= 11 is 0. The van der Waals surface area contributed by atoms with Crippen LogP contribution in [-0.2, 0) is 14.9 Å². The Morgan fingerprint density at radius 1 is 0.860 bits per heavy atom. The van der Waals surface area contributed by atoms with Crippen LogP contribution in [0.25, 0.3) is 28.1 Å². The molecule has 0 radical (unpaired) electrons. The number of alkyl halides is 3. The van der Waals surface area contributed by atoms with Gasteiger partial charge in [-0.15, -0.1) is 5.10 Å². The van der Waals surface area contributed by atoms with Crippen LogP contribution in [0.4, 0.5) is 13.2 Å². The van der Waals surface area contributed by atoms with Gasteiger partial charge in [0.25, 0.3) is 0 Å². The Kier molecular flexibility index (Phi) is 8.14. The fourth-order valence-electron chi connectivity index (χ4n) is 5.35. The fraction of sp³-hybridized carbons (Fsp3) is 0.333. The van der Waals surface area contributed by atoms with Gasteiger partial charge >= 0.3 is 18.1 Å². The zero-order valence-corrected chi connectivity index (χ0v) is 24.5. The standard InChI is InChI=1S/C33H33F3N4O3/c1-32(2,3)27-11-9-24(10-12-27)29-20-40(38-37-29)28-18-25(17-26(19-28)30(41)43-4)22-7-5-21(6-8-22)23-13-15-39(16-14-23)31(42)33(34,35)36/h5-12,17-20,23H,13-16H2,1-4H3. The largest absolute Gasteiger partial charge is 0.471 e. The third-order valence-corrected chi connectivity index (χ3v) is 7.88. The molecular formula is C33H33F3N4O3. The molecule has 2 heterocycles. The van der Waals surface area contributed by atoms with Crippen molar-refractivity contribution in [2.45, 2.75) is 51.1 Å². The lowest BCUT2D eigenvalue weighted by Crippen LogP contribution is -2.45. The molecule has 1 fully saturated rings. The van der Waals surface area contributed by atoms with Crippen molar-refractivity contribution in [3.8, 4) is 28.1 Å². The van der Waals surface area contributed by atoms with E-state index in [0.29, 0.717) is 29.8 Å². The highest BCUT2D eigenvalue weighted by Crippen LogP contribution is 2.33. The maximum atomic E-state index is 12.8. The number of carbonyl (C=O) groups is 2. The molecule has 0 bridgehead atoms. The summed E-state index contributed by atoms with van der Waals surface area (Å²) in [6.07, 6.45) is -2.13. The number of aromatic nitrogens is 3. The van der Waals surface area contributed by atoms with Crippen LogP contribution in [0.2, 0.25) is 0 Å². The van der Waals surface area contributed by atoms with E-state index in [4.69, 9.17) is 4.74 Å². The topological polar surface area (TPSA) is 77.3 Å². The molecule has 1 aliphatic heterocycles. The lowest BCUT2D eigenvalue weighted by molar-refractivity contribution is -0.186. The van der Waals surface area contributed by atoms with Crippen molar-refractivity contribution in [3.05, 3.63) is 89.6 Å². The number of halogens is 3. The number of methoxy groups -OCH3 is 1. The van der Waals surface area contributed by atoms with E-state index < -0.39 is 18.1 Å². The summed E-state index contributed by atoms with van der Waals surface area (Å²) in [4.78, 5) is 25.0. The number of piperidine rings is 1.